The van der Waals surface area contributed by atoms with Gasteiger partial charge in [-0.1, -0.05) is 103 Å². The Morgan fingerprint density at radius 2 is 0.909 bits per heavy atom. The molecule has 0 N–H and O–H groups in total. The molecule has 11 rings (SSSR count). The Bertz CT molecular complexity index is 3200. The van der Waals surface area contributed by atoms with E-state index < -0.39 is 0 Å². The topological polar surface area (TPSA) is 66.3 Å². The zero-order valence-corrected chi connectivity index (χ0v) is 29.5. The molecule has 0 amide bonds. The lowest BCUT2D eigenvalue weighted by Gasteiger charge is -2.13. The zero-order valence-electron chi connectivity index (χ0n) is 29.5. The second kappa shape index (κ2) is 12.5. The number of pyridine rings is 2. The molecule has 0 spiro atoms. The maximum Gasteiger partial charge on any atom is 0.169 e. The summed E-state index contributed by atoms with van der Waals surface area (Å²) in [6.45, 7) is 0. The molecule has 0 aliphatic rings. The van der Waals surface area contributed by atoms with Crippen molar-refractivity contribution in [1.82, 2.24) is 33.9 Å². The van der Waals surface area contributed by atoms with E-state index in [1.165, 1.54) is 0 Å². The van der Waals surface area contributed by atoms with Crippen molar-refractivity contribution in [3.63, 3.8) is 0 Å². The molecule has 0 aliphatic carbocycles. The highest BCUT2D eigenvalue weighted by Crippen LogP contribution is 2.42. The maximum atomic E-state index is 5.16. The van der Waals surface area contributed by atoms with Crippen LogP contribution in [0.15, 0.2) is 188 Å². The van der Waals surface area contributed by atoms with E-state index in [4.69, 9.17) is 15.2 Å². The molecule has 7 nitrogen and oxygen atoms in total. The minimum atomic E-state index is 0.760. The molecular weight excluding hydrogens is 675 g/mol. The van der Waals surface area contributed by atoms with Crippen molar-refractivity contribution in [2.24, 2.45) is 0 Å². The summed E-state index contributed by atoms with van der Waals surface area (Å²) >= 11 is 0. The summed E-state index contributed by atoms with van der Waals surface area (Å²) in [5.74, 6) is 2.36. The van der Waals surface area contributed by atoms with Crippen LogP contribution < -0.4 is 0 Å². The SMILES string of the molecule is c1ccc(-n2c(-c3cccc4c3c3ccccc3n4-c3ccccc3)nnc2-c2cccc3c2c2ccccc2n3-c2cccc(-c3cccnc3)n2)cc1. The second-order valence-electron chi connectivity index (χ2n) is 13.6. The number of hydrogen-bond donors (Lipinski definition) is 0. The lowest BCUT2D eigenvalue weighted by atomic mass is 10.0. The highest BCUT2D eigenvalue weighted by molar-refractivity contribution is 6.17. The third-order valence-corrected chi connectivity index (χ3v) is 10.5. The van der Waals surface area contributed by atoms with Crippen molar-refractivity contribution >= 4 is 43.6 Å². The van der Waals surface area contributed by atoms with Gasteiger partial charge in [0.15, 0.2) is 11.6 Å². The monoisotopic (exact) mass is 705 g/mol. The van der Waals surface area contributed by atoms with Gasteiger partial charge in [0.05, 0.1) is 27.8 Å². The first-order chi connectivity index (χ1) is 27.3. The van der Waals surface area contributed by atoms with E-state index in [1.807, 2.05) is 30.5 Å². The molecule has 5 heterocycles. The highest BCUT2D eigenvalue weighted by Gasteiger charge is 2.25. The van der Waals surface area contributed by atoms with E-state index in [-0.39, 0.29) is 0 Å². The predicted molar refractivity (Wildman–Crippen MR) is 222 cm³/mol. The molecule has 55 heavy (non-hydrogen) atoms. The molecule has 11 aromatic rings. The smallest absolute Gasteiger partial charge is 0.169 e. The van der Waals surface area contributed by atoms with E-state index in [0.29, 0.717) is 0 Å². The number of benzene rings is 6. The predicted octanol–water partition coefficient (Wildman–Crippen LogP) is 11.3. The summed E-state index contributed by atoms with van der Waals surface area (Å²) in [4.78, 5) is 9.50. The van der Waals surface area contributed by atoms with Gasteiger partial charge in [0.2, 0.25) is 0 Å². The van der Waals surface area contributed by atoms with Crippen LogP contribution in [-0.2, 0) is 0 Å². The van der Waals surface area contributed by atoms with Crippen LogP contribution in [0.4, 0.5) is 0 Å². The fraction of sp³-hybridized carbons (Fsp3) is 0. The Morgan fingerprint density at radius 3 is 1.53 bits per heavy atom. The van der Waals surface area contributed by atoms with Gasteiger partial charge in [-0.2, -0.15) is 0 Å². The molecule has 0 bridgehead atoms. The van der Waals surface area contributed by atoms with Crippen LogP contribution in [0.3, 0.4) is 0 Å². The molecule has 0 atom stereocenters. The van der Waals surface area contributed by atoms with Crippen molar-refractivity contribution in [2.75, 3.05) is 0 Å². The lowest BCUT2D eigenvalue weighted by Crippen LogP contribution is -2.01. The number of para-hydroxylation sites is 4. The fourth-order valence-electron chi connectivity index (χ4n) is 8.19. The Kier molecular flexibility index (Phi) is 7.03. The minimum Gasteiger partial charge on any atom is -0.309 e. The normalized spacial score (nSPS) is 11.6. The van der Waals surface area contributed by atoms with Crippen LogP contribution in [0.1, 0.15) is 0 Å². The third-order valence-electron chi connectivity index (χ3n) is 10.5. The number of fused-ring (bicyclic) bond motifs is 6. The van der Waals surface area contributed by atoms with E-state index in [1.54, 1.807) is 6.20 Å². The van der Waals surface area contributed by atoms with E-state index >= 15 is 0 Å². The van der Waals surface area contributed by atoms with Crippen LogP contribution in [0.2, 0.25) is 0 Å². The van der Waals surface area contributed by atoms with Crippen LogP contribution in [0.25, 0.3) is 94.8 Å². The van der Waals surface area contributed by atoms with E-state index in [0.717, 1.165) is 94.8 Å². The van der Waals surface area contributed by atoms with Gasteiger partial charge in [0, 0.05) is 62.0 Å². The summed E-state index contributed by atoms with van der Waals surface area (Å²) in [5, 5.41) is 14.6. The van der Waals surface area contributed by atoms with Crippen LogP contribution in [0, 0.1) is 0 Å². The number of aromatic nitrogens is 7. The Balaban J connectivity index is 1.18. The molecule has 0 aliphatic heterocycles. The highest BCUT2D eigenvalue weighted by atomic mass is 15.3. The average molecular weight is 706 g/mol. The van der Waals surface area contributed by atoms with Gasteiger partial charge >= 0.3 is 0 Å². The van der Waals surface area contributed by atoms with Crippen molar-refractivity contribution in [1.29, 1.82) is 0 Å². The van der Waals surface area contributed by atoms with E-state index in [9.17, 15) is 0 Å². The summed E-state index contributed by atoms with van der Waals surface area (Å²) in [6.07, 6.45) is 3.63. The molecule has 258 valence electrons. The van der Waals surface area contributed by atoms with Gasteiger partial charge in [0.25, 0.3) is 0 Å². The van der Waals surface area contributed by atoms with Gasteiger partial charge in [-0.05, 0) is 72.8 Å². The Morgan fingerprint density at radius 1 is 0.382 bits per heavy atom. The molecule has 6 aromatic carbocycles. The van der Waals surface area contributed by atoms with Crippen LogP contribution >= 0.6 is 0 Å². The molecular formula is C48H31N7. The van der Waals surface area contributed by atoms with Gasteiger partial charge in [-0.15, -0.1) is 10.2 Å². The standard InChI is InChI=1S/C48H31N7/c1-3-16-33(17-4-1)53-40-25-9-7-20-35(40)45-37(22-11-27-42(45)53)47-51-52-48(54(47)34-18-5-2-6-19-34)38-23-12-28-43-46(38)36-21-8-10-26-41(36)55(43)44-29-13-24-39(50-44)32-15-14-30-49-31-32/h1-31H. The summed E-state index contributed by atoms with van der Waals surface area (Å²) in [5.41, 5.74) is 10.3. The van der Waals surface area contributed by atoms with Gasteiger partial charge < -0.3 is 4.57 Å². The number of rotatable bonds is 6. The molecule has 5 aromatic heterocycles. The summed E-state index contributed by atoms with van der Waals surface area (Å²) in [7, 11) is 0. The third kappa shape index (κ3) is 4.84. The van der Waals surface area contributed by atoms with Gasteiger partial charge in [0.1, 0.15) is 5.82 Å². The largest absolute Gasteiger partial charge is 0.309 e. The summed E-state index contributed by atoms with van der Waals surface area (Å²) < 4.78 is 6.80. The van der Waals surface area contributed by atoms with Crippen LogP contribution in [-0.4, -0.2) is 33.9 Å². The molecule has 0 unspecified atom stereocenters. The average Bonchev–Trinajstić information content (AvgIpc) is 3.95. The number of nitrogens with zero attached hydrogens (tertiary/aromatic N) is 7. The minimum absolute atomic E-state index is 0.760. The van der Waals surface area contributed by atoms with Crippen molar-refractivity contribution < 1.29 is 0 Å². The molecule has 0 radical (unpaired) electrons. The van der Waals surface area contributed by atoms with Gasteiger partial charge in [-0.3, -0.25) is 14.1 Å². The molecule has 0 saturated heterocycles. The van der Waals surface area contributed by atoms with Crippen molar-refractivity contribution in [3.8, 4) is 51.2 Å². The molecule has 0 saturated carbocycles. The number of hydrogen-bond acceptors (Lipinski definition) is 4. The Hall–Kier alpha value is -7.64. The zero-order chi connectivity index (χ0) is 36.3. The fourth-order valence-corrected chi connectivity index (χ4v) is 8.19. The van der Waals surface area contributed by atoms with Crippen LogP contribution in [0.5, 0.6) is 0 Å². The quantitative estimate of drug-likeness (QED) is 0.173. The molecule has 0 fully saturated rings. The first kappa shape index (κ1) is 30.9. The molecule has 7 heteroatoms. The Labute approximate surface area is 316 Å². The summed E-state index contributed by atoms with van der Waals surface area (Å²) in [6, 6.07) is 61.2. The van der Waals surface area contributed by atoms with Crippen molar-refractivity contribution in [2.45, 2.75) is 0 Å². The van der Waals surface area contributed by atoms with Gasteiger partial charge in [-0.25, -0.2) is 4.98 Å². The lowest BCUT2D eigenvalue weighted by molar-refractivity contribution is 1.07. The van der Waals surface area contributed by atoms with Crippen molar-refractivity contribution in [3.05, 3.63) is 188 Å². The first-order valence-electron chi connectivity index (χ1n) is 18.3. The first-order valence-corrected chi connectivity index (χ1v) is 18.3. The van der Waals surface area contributed by atoms with E-state index in [2.05, 4.69) is 170 Å². The second-order valence-corrected chi connectivity index (χ2v) is 13.6. The maximum absolute atomic E-state index is 5.16.